The Morgan fingerprint density at radius 2 is 1.88 bits per heavy atom. The molecule has 0 unspecified atom stereocenters. The predicted molar refractivity (Wildman–Crippen MR) is 131 cm³/mol. The lowest BCUT2D eigenvalue weighted by Gasteiger charge is -2.32. The number of nitrogens with zero attached hydrogens (tertiary/aromatic N) is 1. The highest BCUT2D eigenvalue weighted by atomic mass is 35.5. The Balaban J connectivity index is 1.72. The molecule has 3 rings (SSSR count). The van der Waals surface area contributed by atoms with Crippen LogP contribution in [0.3, 0.4) is 0 Å². The van der Waals surface area contributed by atoms with Crippen LogP contribution in [0.25, 0.3) is 0 Å². The van der Waals surface area contributed by atoms with E-state index in [0.29, 0.717) is 31.7 Å². The molecule has 1 fully saturated rings. The van der Waals surface area contributed by atoms with E-state index in [1.54, 1.807) is 6.07 Å². The lowest BCUT2D eigenvalue weighted by Crippen LogP contribution is -2.45. The van der Waals surface area contributed by atoms with E-state index in [2.05, 4.69) is 31.3 Å². The molecule has 2 atom stereocenters. The summed E-state index contributed by atoms with van der Waals surface area (Å²) < 4.78 is 33.2. The molecule has 1 heterocycles. The van der Waals surface area contributed by atoms with E-state index in [0.717, 1.165) is 11.1 Å². The van der Waals surface area contributed by atoms with Gasteiger partial charge in [-0.15, -0.1) is 0 Å². The number of carbonyl (C=O) groups is 1. The standard InChI is InChI=1S/C25H33ClN2O4S/c1-6-32-24-10-9-21(14-23(24)26)33(30,31)28-11-7-8-20(15-28)25(29)27-19(5)22-13-17(3)16(2)12-18(22)4/h9-10,12-14,19-20H,6-8,11,15H2,1-5H3,(H,27,29)/t19-,20-/m1/s1. The number of hydrogen-bond donors (Lipinski definition) is 1. The van der Waals surface area contributed by atoms with Crippen LogP contribution in [0.5, 0.6) is 5.75 Å². The maximum Gasteiger partial charge on any atom is 0.243 e. The number of benzene rings is 2. The number of aryl methyl sites for hydroxylation is 3. The average Bonchev–Trinajstić information content (AvgIpc) is 2.77. The van der Waals surface area contributed by atoms with E-state index in [1.165, 1.54) is 27.6 Å². The van der Waals surface area contributed by atoms with Gasteiger partial charge < -0.3 is 10.1 Å². The summed E-state index contributed by atoms with van der Waals surface area (Å²) in [7, 11) is -3.77. The number of hydrogen-bond acceptors (Lipinski definition) is 4. The molecule has 2 aromatic carbocycles. The van der Waals surface area contributed by atoms with Crippen LogP contribution in [-0.4, -0.2) is 38.3 Å². The quantitative estimate of drug-likeness (QED) is 0.593. The largest absolute Gasteiger partial charge is 0.492 e. The molecule has 1 N–H and O–H groups in total. The van der Waals surface area contributed by atoms with E-state index in [-0.39, 0.29) is 28.4 Å². The number of sulfonamides is 1. The van der Waals surface area contributed by atoms with Gasteiger partial charge >= 0.3 is 0 Å². The summed E-state index contributed by atoms with van der Waals surface area (Å²) in [4.78, 5) is 13.2. The maximum atomic E-state index is 13.2. The molecule has 8 heteroatoms. The van der Waals surface area contributed by atoms with Gasteiger partial charge in [-0.2, -0.15) is 4.31 Å². The third-order valence-electron chi connectivity index (χ3n) is 6.30. The Morgan fingerprint density at radius 1 is 1.18 bits per heavy atom. The van der Waals surface area contributed by atoms with Gasteiger partial charge in [0.1, 0.15) is 5.75 Å². The lowest BCUT2D eigenvalue weighted by atomic mass is 9.95. The summed E-state index contributed by atoms with van der Waals surface area (Å²) in [5, 5.41) is 3.35. The molecule has 0 spiro atoms. The number of amides is 1. The molecule has 1 aliphatic rings. The van der Waals surface area contributed by atoms with Crippen molar-refractivity contribution in [1.29, 1.82) is 0 Å². The number of piperidine rings is 1. The average molecular weight is 493 g/mol. The first-order valence-corrected chi connectivity index (χ1v) is 13.2. The van der Waals surface area contributed by atoms with Crippen LogP contribution in [-0.2, 0) is 14.8 Å². The normalized spacial score (nSPS) is 18.1. The number of nitrogens with one attached hydrogen (secondary N) is 1. The highest BCUT2D eigenvalue weighted by Crippen LogP contribution is 2.31. The first-order valence-electron chi connectivity index (χ1n) is 11.3. The molecular formula is C25H33ClN2O4S. The van der Waals surface area contributed by atoms with E-state index in [9.17, 15) is 13.2 Å². The third-order valence-corrected chi connectivity index (χ3v) is 8.46. The van der Waals surface area contributed by atoms with Gasteiger partial charge in [-0.1, -0.05) is 23.7 Å². The van der Waals surface area contributed by atoms with Crippen LogP contribution in [0.15, 0.2) is 35.2 Å². The first-order chi connectivity index (χ1) is 15.5. The van der Waals surface area contributed by atoms with Crippen molar-refractivity contribution in [3.05, 3.63) is 57.6 Å². The fourth-order valence-corrected chi connectivity index (χ4v) is 6.15. The van der Waals surface area contributed by atoms with Gasteiger partial charge in [0.05, 0.1) is 28.5 Å². The van der Waals surface area contributed by atoms with Crippen molar-refractivity contribution >= 4 is 27.5 Å². The molecule has 0 radical (unpaired) electrons. The van der Waals surface area contributed by atoms with Crippen LogP contribution < -0.4 is 10.1 Å². The molecule has 180 valence electrons. The minimum Gasteiger partial charge on any atom is -0.492 e. The second kappa shape index (κ2) is 10.5. The van der Waals surface area contributed by atoms with Crippen molar-refractivity contribution in [1.82, 2.24) is 9.62 Å². The van der Waals surface area contributed by atoms with Gasteiger partial charge in [-0.3, -0.25) is 4.79 Å². The van der Waals surface area contributed by atoms with E-state index < -0.39 is 15.9 Å². The van der Waals surface area contributed by atoms with E-state index >= 15 is 0 Å². The monoisotopic (exact) mass is 492 g/mol. The van der Waals surface area contributed by atoms with Gasteiger partial charge in [0.15, 0.2) is 0 Å². The number of rotatable bonds is 7. The SMILES string of the molecule is CCOc1ccc(S(=O)(=O)N2CCC[C@@H](C(=O)N[C@H](C)c3cc(C)c(C)cc3C)C2)cc1Cl. The number of carbonyl (C=O) groups excluding carboxylic acids is 1. The minimum atomic E-state index is -3.77. The molecule has 1 amide bonds. The zero-order chi connectivity index (χ0) is 24.3. The Labute approximate surface area is 202 Å². The molecule has 2 aromatic rings. The number of halogens is 1. The highest BCUT2D eigenvalue weighted by molar-refractivity contribution is 7.89. The zero-order valence-electron chi connectivity index (χ0n) is 19.9. The molecule has 1 saturated heterocycles. The fourth-order valence-electron chi connectivity index (χ4n) is 4.30. The van der Waals surface area contributed by atoms with Crippen LogP contribution in [0.1, 0.15) is 55.0 Å². The van der Waals surface area contributed by atoms with Crippen LogP contribution in [0.2, 0.25) is 5.02 Å². The second-order valence-electron chi connectivity index (χ2n) is 8.75. The Hall–Kier alpha value is -2.09. The molecular weight excluding hydrogens is 460 g/mol. The van der Waals surface area contributed by atoms with Crippen molar-refractivity contribution in [2.45, 2.75) is 58.4 Å². The molecule has 1 aliphatic heterocycles. The topological polar surface area (TPSA) is 75.7 Å². The maximum absolute atomic E-state index is 13.2. The van der Waals surface area contributed by atoms with Crippen molar-refractivity contribution < 1.29 is 17.9 Å². The minimum absolute atomic E-state index is 0.108. The Morgan fingerprint density at radius 3 is 2.55 bits per heavy atom. The summed E-state index contributed by atoms with van der Waals surface area (Å²) in [5.41, 5.74) is 4.61. The van der Waals surface area contributed by atoms with E-state index in [1.807, 2.05) is 20.8 Å². The Kier molecular flexibility index (Phi) is 8.08. The highest BCUT2D eigenvalue weighted by Gasteiger charge is 2.34. The summed E-state index contributed by atoms with van der Waals surface area (Å²) in [6.45, 7) is 10.9. The van der Waals surface area contributed by atoms with Crippen molar-refractivity contribution in [2.24, 2.45) is 5.92 Å². The molecule has 0 aliphatic carbocycles. The van der Waals surface area contributed by atoms with Crippen LogP contribution in [0.4, 0.5) is 0 Å². The van der Waals surface area contributed by atoms with Gasteiger partial charge in [0.2, 0.25) is 15.9 Å². The summed E-state index contributed by atoms with van der Waals surface area (Å²) in [5.74, 6) is -0.0737. The Bertz CT molecular complexity index is 1130. The fraction of sp³-hybridized carbons (Fsp3) is 0.480. The molecule has 0 saturated carbocycles. The van der Waals surface area contributed by atoms with Crippen molar-refractivity contribution in [2.75, 3.05) is 19.7 Å². The van der Waals surface area contributed by atoms with Gasteiger partial charge in [0.25, 0.3) is 0 Å². The molecule has 0 bridgehead atoms. The molecule has 6 nitrogen and oxygen atoms in total. The third kappa shape index (κ3) is 5.70. The summed E-state index contributed by atoms with van der Waals surface area (Å²) in [6, 6.07) is 8.57. The van der Waals surface area contributed by atoms with Crippen molar-refractivity contribution in [3.63, 3.8) is 0 Å². The van der Waals surface area contributed by atoms with Crippen molar-refractivity contribution in [3.8, 4) is 5.75 Å². The zero-order valence-corrected chi connectivity index (χ0v) is 21.5. The molecule has 33 heavy (non-hydrogen) atoms. The number of ether oxygens (including phenoxy) is 1. The second-order valence-corrected chi connectivity index (χ2v) is 11.1. The summed E-state index contributed by atoms with van der Waals surface area (Å²) in [6.07, 6.45) is 1.28. The first kappa shape index (κ1) is 25.5. The smallest absolute Gasteiger partial charge is 0.243 e. The van der Waals surface area contributed by atoms with Gasteiger partial charge in [-0.25, -0.2) is 8.42 Å². The van der Waals surface area contributed by atoms with E-state index in [4.69, 9.17) is 16.3 Å². The van der Waals surface area contributed by atoms with Gasteiger partial charge in [0, 0.05) is 13.1 Å². The lowest BCUT2D eigenvalue weighted by molar-refractivity contribution is -0.126. The predicted octanol–water partition coefficient (Wildman–Crippen LogP) is 4.94. The van der Waals surface area contributed by atoms with Gasteiger partial charge in [-0.05, 0) is 87.9 Å². The van der Waals surface area contributed by atoms with Crippen LogP contribution in [0, 0.1) is 26.7 Å². The summed E-state index contributed by atoms with van der Waals surface area (Å²) >= 11 is 6.21. The molecule has 0 aromatic heterocycles. The van der Waals surface area contributed by atoms with Crippen LogP contribution >= 0.6 is 11.6 Å².